The molecule has 1 aromatic rings. The first kappa shape index (κ1) is 17.8. The Morgan fingerprint density at radius 3 is 2.61 bits per heavy atom. The summed E-state index contributed by atoms with van der Waals surface area (Å²) in [6.45, 7) is 10.5. The summed E-state index contributed by atoms with van der Waals surface area (Å²) in [5.74, 6) is 0. The van der Waals surface area contributed by atoms with E-state index in [1.807, 2.05) is 34.6 Å². The van der Waals surface area contributed by atoms with Gasteiger partial charge >= 0.3 is 6.09 Å². The lowest BCUT2D eigenvalue weighted by Crippen LogP contribution is -2.45. The molecule has 6 heteroatoms. The van der Waals surface area contributed by atoms with Crippen molar-refractivity contribution in [3.8, 4) is 0 Å². The first-order chi connectivity index (χ1) is 10.7. The highest BCUT2D eigenvalue weighted by Crippen LogP contribution is 2.20. The molecule has 1 amide bonds. The third kappa shape index (κ3) is 5.53. The van der Waals surface area contributed by atoms with E-state index < -0.39 is 5.60 Å². The quantitative estimate of drug-likeness (QED) is 0.796. The molecule has 0 unspecified atom stereocenters. The second-order valence-corrected chi connectivity index (χ2v) is 7.50. The van der Waals surface area contributed by atoms with E-state index in [9.17, 15) is 4.79 Å². The molecule has 130 valence electrons. The topological polar surface area (TPSA) is 79.0 Å². The Labute approximate surface area is 138 Å². The largest absolute Gasteiger partial charge is 0.444 e. The van der Waals surface area contributed by atoms with Crippen LogP contribution in [0.5, 0.6) is 0 Å². The average molecular weight is 322 g/mol. The number of aromatic amines is 1. The van der Waals surface area contributed by atoms with Crippen molar-refractivity contribution < 1.29 is 9.53 Å². The van der Waals surface area contributed by atoms with Crippen molar-refractivity contribution in [1.29, 1.82) is 0 Å². The third-order valence-electron chi connectivity index (χ3n) is 4.24. The number of ether oxygens (including phenoxy) is 1. The molecule has 1 aliphatic carbocycles. The Hall–Kier alpha value is -1.56. The number of hydrogen-bond acceptors (Lipinski definition) is 4. The fourth-order valence-electron chi connectivity index (χ4n) is 3.06. The van der Waals surface area contributed by atoms with Gasteiger partial charge in [-0.2, -0.15) is 5.10 Å². The lowest BCUT2D eigenvalue weighted by atomic mass is 9.91. The number of H-pyrrole nitrogens is 1. The van der Waals surface area contributed by atoms with Crippen LogP contribution in [0, 0.1) is 13.8 Å². The number of rotatable bonds is 4. The van der Waals surface area contributed by atoms with Crippen LogP contribution in [0.4, 0.5) is 4.79 Å². The molecule has 2 atom stereocenters. The van der Waals surface area contributed by atoms with Crippen LogP contribution >= 0.6 is 0 Å². The number of aryl methyl sites for hydroxylation is 2. The maximum atomic E-state index is 11.9. The summed E-state index contributed by atoms with van der Waals surface area (Å²) < 4.78 is 5.34. The van der Waals surface area contributed by atoms with E-state index in [4.69, 9.17) is 4.74 Å². The lowest BCUT2D eigenvalue weighted by molar-refractivity contribution is 0.0488. The predicted octanol–water partition coefficient (Wildman–Crippen LogP) is 2.95. The van der Waals surface area contributed by atoms with Gasteiger partial charge in [-0.1, -0.05) is 0 Å². The number of nitrogens with zero attached hydrogens (tertiary/aromatic N) is 1. The minimum atomic E-state index is -0.452. The van der Waals surface area contributed by atoms with Crippen LogP contribution < -0.4 is 10.6 Å². The number of alkyl carbamates (subject to hydrolysis) is 1. The molecular weight excluding hydrogens is 292 g/mol. The smallest absolute Gasteiger partial charge is 0.407 e. The summed E-state index contributed by atoms with van der Waals surface area (Å²) in [6.07, 6.45) is 3.89. The van der Waals surface area contributed by atoms with E-state index in [0.29, 0.717) is 6.04 Å². The molecule has 23 heavy (non-hydrogen) atoms. The molecule has 1 fully saturated rings. The van der Waals surface area contributed by atoms with E-state index in [1.54, 1.807) is 0 Å². The summed E-state index contributed by atoms with van der Waals surface area (Å²) in [6, 6.07) is 0.597. The Morgan fingerprint density at radius 2 is 2.00 bits per heavy atom. The van der Waals surface area contributed by atoms with Crippen LogP contribution in [0.25, 0.3) is 0 Å². The molecule has 3 N–H and O–H groups in total. The standard InChI is InChI=1S/C17H30N4O2/c1-11-15(12(2)21-20-11)10-18-13-7-6-8-14(9-13)19-16(22)23-17(3,4)5/h13-14,18H,6-10H2,1-5H3,(H,19,22)(H,20,21)/t13-,14+/m0/s1. The number of hydrogen-bond donors (Lipinski definition) is 3. The molecule has 0 saturated heterocycles. The van der Waals surface area contributed by atoms with Crippen LogP contribution in [-0.4, -0.2) is 34.0 Å². The molecule has 1 saturated carbocycles. The van der Waals surface area contributed by atoms with Crippen LogP contribution in [0.1, 0.15) is 63.4 Å². The second-order valence-electron chi connectivity index (χ2n) is 7.50. The maximum Gasteiger partial charge on any atom is 0.407 e. The Kier molecular flexibility index (Phi) is 5.68. The molecule has 1 aromatic heterocycles. The van der Waals surface area contributed by atoms with Crippen molar-refractivity contribution in [3.05, 3.63) is 17.0 Å². The number of carbonyl (C=O) groups is 1. The molecule has 6 nitrogen and oxygen atoms in total. The highest BCUT2D eigenvalue weighted by atomic mass is 16.6. The molecule has 1 aliphatic rings. The summed E-state index contributed by atoms with van der Waals surface area (Å²) >= 11 is 0. The molecule has 0 aromatic carbocycles. The van der Waals surface area contributed by atoms with Crippen LogP contribution in [-0.2, 0) is 11.3 Å². The second kappa shape index (κ2) is 7.34. The molecule has 0 aliphatic heterocycles. The zero-order valence-electron chi connectivity index (χ0n) is 15.0. The minimum Gasteiger partial charge on any atom is -0.444 e. The van der Waals surface area contributed by atoms with Gasteiger partial charge in [0.2, 0.25) is 0 Å². The number of nitrogens with one attached hydrogen (secondary N) is 3. The van der Waals surface area contributed by atoms with Gasteiger partial charge < -0.3 is 15.4 Å². The molecule has 1 heterocycles. The normalized spacial score (nSPS) is 22.0. The van der Waals surface area contributed by atoms with Crippen LogP contribution in [0.2, 0.25) is 0 Å². The third-order valence-corrected chi connectivity index (χ3v) is 4.24. The zero-order chi connectivity index (χ0) is 17.0. The molecule has 0 radical (unpaired) electrons. The predicted molar refractivity (Wildman–Crippen MR) is 90.3 cm³/mol. The van der Waals surface area contributed by atoms with Gasteiger partial charge in [-0.05, 0) is 60.3 Å². The first-order valence-corrected chi connectivity index (χ1v) is 8.48. The van der Waals surface area contributed by atoms with E-state index in [0.717, 1.165) is 43.6 Å². The first-order valence-electron chi connectivity index (χ1n) is 8.48. The van der Waals surface area contributed by atoms with Crippen LogP contribution in [0.15, 0.2) is 0 Å². The van der Waals surface area contributed by atoms with Gasteiger partial charge in [0.05, 0.1) is 5.69 Å². The molecule has 2 rings (SSSR count). The molecule has 0 bridgehead atoms. The fourth-order valence-corrected chi connectivity index (χ4v) is 3.06. The monoisotopic (exact) mass is 322 g/mol. The minimum absolute atomic E-state index is 0.183. The number of amides is 1. The molecular formula is C17H30N4O2. The van der Waals surface area contributed by atoms with Crippen molar-refractivity contribution in [2.45, 2.75) is 84.5 Å². The van der Waals surface area contributed by atoms with E-state index in [1.165, 1.54) is 5.56 Å². The summed E-state index contributed by atoms with van der Waals surface area (Å²) in [5.41, 5.74) is 2.96. The molecule has 0 spiro atoms. The van der Waals surface area contributed by atoms with E-state index in [2.05, 4.69) is 20.8 Å². The highest BCUT2D eigenvalue weighted by Gasteiger charge is 2.25. The fraction of sp³-hybridized carbons (Fsp3) is 0.765. The van der Waals surface area contributed by atoms with Gasteiger partial charge in [0.25, 0.3) is 0 Å². The number of aromatic nitrogens is 2. The highest BCUT2D eigenvalue weighted by molar-refractivity contribution is 5.68. The maximum absolute atomic E-state index is 11.9. The average Bonchev–Trinajstić information content (AvgIpc) is 2.74. The Morgan fingerprint density at radius 1 is 1.30 bits per heavy atom. The van der Waals surface area contributed by atoms with Gasteiger partial charge in [-0.25, -0.2) is 4.79 Å². The summed E-state index contributed by atoms with van der Waals surface area (Å²) in [4.78, 5) is 11.9. The Balaban J connectivity index is 1.80. The SMILES string of the molecule is Cc1n[nH]c(C)c1CN[C@H]1CCC[C@@H](NC(=O)OC(C)(C)C)C1. The van der Waals surface area contributed by atoms with Crippen molar-refractivity contribution in [1.82, 2.24) is 20.8 Å². The van der Waals surface area contributed by atoms with Crippen molar-refractivity contribution in [2.75, 3.05) is 0 Å². The Bertz CT molecular complexity index is 514. The van der Waals surface area contributed by atoms with E-state index in [-0.39, 0.29) is 12.1 Å². The van der Waals surface area contributed by atoms with Crippen molar-refractivity contribution >= 4 is 6.09 Å². The lowest BCUT2D eigenvalue weighted by Gasteiger charge is -2.31. The van der Waals surface area contributed by atoms with Crippen LogP contribution in [0.3, 0.4) is 0 Å². The van der Waals surface area contributed by atoms with Gasteiger partial charge in [-0.15, -0.1) is 0 Å². The van der Waals surface area contributed by atoms with Gasteiger partial charge in [0.15, 0.2) is 0 Å². The zero-order valence-corrected chi connectivity index (χ0v) is 15.0. The summed E-state index contributed by atoms with van der Waals surface area (Å²) in [7, 11) is 0. The van der Waals surface area contributed by atoms with Crippen molar-refractivity contribution in [3.63, 3.8) is 0 Å². The van der Waals surface area contributed by atoms with Gasteiger partial charge in [0.1, 0.15) is 5.60 Å². The summed E-state index contributed by atoms with van der Waals surface area (Å²) in [5, 5.41) is 13.9. The van der Waals surface area contributed by atoms with Gasteiger partial charge in [0, 0.05) is 29.9 Å². The number of carbonyl (C=O) groups excluding carboxylic acids is 1. The van der Waals surface area contributed by atoms with Crippen molar-refractivity contribution in [2.24, 2.45) is 0 Å². The van der Waals surface area contributed by atoms with E-state index >= 15 is 0 Å². The van der Waals surface area contributed by atoms with Gasteiger partial charge in [-0.3, -0.25) is 5.10 Å².